The third-order valence-electron chi connectivity index (χ3n) is 4.27. The molecule has 21 heavy (non-hydrogen) atoms. The maximum absolute atomic E-state index is 3.62. The van der Waals surface area contributed by atoms with E-state index in [0.717, 1.165) is 19.0 Å². The van der Waals surface area contributed by atoms with Crippen molar-refractivity contribution in [2.75, 3.05) is 24.5 Å². The van der Waals surface area contributed by atoms with Gasteiger partial charge in [-0.1, -0.05) is 36.7 Å². The molecule has 1 aromatic rings. The van der Waals surface area contributed by atoms with Crippen molar-refractivity contribution >= 4 is 21.6 Å². The van der Waals surface area contributed by atoms with Crippen molar-refractivity contribution in [3.05, 3.63) is 28.2 Å². The summed E-state index contributed by atoms with van der Waals surface area (Å²) in [5, 5.41) is 3.58. The van der Waals surface area contributed by atoms with Gasteiger partial charge in [0.25, 0.3) is 0 Å². The summed E-state index contributed by atoms with van der Waals surface area (Å²) in [7, 11) is 0. The maximum Gasteiger partial charge on any atom is 0.0412 e. The van der Waals surface area contributed by atoms with E-state index in [4.69, 9.17) is 0 Å². The number of rotatable bonds is 5. The van der Waals surface area contributed by atoms with Crippen molar-refractivity contribution in [2.45, 2.75) is 46.6 Å². The van der Waals surface area contributed by atoms with Gasteiger partial charge in [-0.05, 0) is 61.4 Å². The Labute approximate surface area is 138 Å². The van der Waals surface area contributed by atoms with Gasteiger partial charge < -0.3 is 10.2 Å². The molecule has 3 heteroatoms. The second-order valence-electron chi connectivity index (χ2n) is 6.82. The van der Waals surface area contributed by atoms with Crippen LogP contribution in [-0.4, -0.2) is 19.6 Å². The maximum atomic E-state index is 3.62. The van der Waals surface area contributed by atoms with Crippen LogP contribution >= 0.6 is 15.9 Å². The predicted molar refractivity (Wildman–Crippen MR) is 95.9 cm³/mol. The van der Waals surface area contributed by atoms with Gasteiger partial charge in [0.1, 0.15) is 0 Å². The van der Waals surface area contributed by atoms with E-state index < -0.39 is 0 Å². The molecule has 1 N–H and O–H groups in total. The highest BCUT2D eigenvalue weighted by molar-refractivity contribution is 9.10. The smallest absolute Gasteiger partial charge is 0.0412 e. The van der Waals surface area contributed by atoms with Crippen LogP contribution < -0.4 is 10.2 Å². The van der Waals surface area contributed by atoms with Crippen LogP contribution in [0.5, 0.6) is 0 Å². The fraction of sp³-hybridized carbons (Fsp3) is 0.667. The number of nitrogens with one attached hydrogen (secondary N) is 1. The van der Waals surface area contributed by atoms with Gasteiger partial charge >= 0.3 is 0 Å². The number of benzene rings is 1. The van der Waals surface area contributed by atoms with Crippen LogP contribution in [0.15, 0.2) is 22.7 Å². The molecule has 0 aromatic heterocycles. The largest absolute Gasteiger partial charge is 0.371 e. The Morgan fingerprint density at radius 3 is 2.86 bits per heavy atom. The molecule has 118 valence electrons. The summed E-state index contributed by atoms with van der Waals surface area (Å²) in [6.07, 6.45) is 4.00. The fourth-order valence-corrected chi connectivity index (χ4v) is 3.41. The molecule has 1 heterocycles. The summed E-state index contributed by atoms with van der Waals surface area (Å²) < 4.78 is 1.18. The SMILES string of the molecule is CC(C)CNCc1cc(Br)ccc1N1CCCC(C)CC1. The molecule has 0 amide bonds. The van der Waals surface area contributed by atoms with Gasteiger partial charge in [0.05, 0.1) is 0 Å². The van der Waals surface area contributed by atoms with E-state index in [1.54, 1.807) is 0 Å². The Morgan fingerprint density at radius 2 is 2.10 bits per heavy atom. The highest BCUT2D eigenvalue weighted by atomic mass is 79.9. The molecule has 0 aliphatic carbocycles. The minimum Gasteiger partial charge on any atom is -0.371 e. The third-order valence-corrected chi connectivity index (χ3v) is 4.76. The first-order chi connectivity index (χ1) is 10.1. The quantitative estimate of drug-likeness (QED) is 0.816. The second kappa shape index (κ2) is 8.19. The summed E-state index contributed by atoms with van der Waals surface area (Å²) in [5.41, 5.74) is 2.84. The third kappa shape index (κ3) is 5.30. The monoisotopic (exact) mass is 352 g/mol. The van der Waals surface area contributed by atoms with E-state index in [9.17, 15) is 0 Å². The molecule has 1 aliphatic rings. The lowest BCUT2D eigenvalue weighted by Crippen LogP contribution is -2.27. The highest BCUT2D eigenvalue weighted by Gasteiger charge is 2.16. The molecule has 1 atom stereocenters. The van der Waals surface area contributed by atoms with Crippen molar-refractivity contribution in [3.63, 3.8) is 0 Å². The fourth-order valence-electron chi connectivity index (χ4n) is 3.00. The standard InChI is InChI=1S/C18H29BrN2/c1-14(2)12-20-13-16-11-17(19)6-7-18(16)21-9-4-5-15(3)8-10-21/h6-7,11,14-15,20H,4-5,8-10,12-13H2,1-3H3. The molecule has 1 aliphatic heterocycles. The topological polar surface area (TPSA) is 15.3 Å². The molecule has 2 rings (SSSR count). The van der Waals surface area contributed by atoms with Crippen LogP contribution in [0.3, 0.4) is 0 Å². The molecular weight excluding hydrogens is 324 g/mol. The molecule has 1 aromatic carbocycles. The van der Waals surface area contributed by atoms with Gasteiger partial charge in [0.2, 0.25) is 0 Å². The summed E-state index contributed by atoms with van der Waals surface area (Å²) in [4.78, 5) is 2.59. The van der Waals surface area contributed by atoms with Crippen molar-refractivity contribution in [1.82, 2.24) is 5.32 Å². The number of hydrogen-bond acceptors (Lipinski definition) is 2. The summed E-state index contributed by atoms with van der Waals surface area (Å²) >= 11 is 3.62. The van der Waals surface area contributed by atoms with E-state index in [0.29, 0.717) is 5.92 Å². The second-order valence-corrected chi connectivity index (χ2v) is 7.74. The zero-order chi connectivity index (χ0) is 15.2. The first-order valence-electron chi connectivity index (χ1n) is 8.30. The van der Waals surface area contributed by atoms with E-state index in [1.807, 2.05) is 0 Å². The lowest BCUT2D eigenvalue weighted by Gasteiger charge is -2.26. The van der Waals surface area contributed by atoms with E-state index in [2.05, 4.69) is 65.1 Å². The summed E-state index contributed by atoms with van der Waals surface area (Å²) in [6, 6.07) is 6.74. The Balaban J connectivity index is 2.09. The molecule has 0 bridgehead atoms. The van der Waals surface area contributed by atoms with Gasteiger partial charge in [0.15, 0.2) is 0 Å². The number of hydrogen-bond donors (Lipinski definition) is 1. The molecule has 2 nitrogen and oxygen atoms in total. The molecule has 0 spiro atoms. The average Bonchev–Trinajstić information content (AvgIpc) is 2.63. The summed E-state index contributed by atoms with van der Waals surface area (Å²) in [5.74, 6) is 1.56. The predicted octanol–water partition coefficient (Wildman–Crippen LogP) is 4.82. The van der Waals surface area contributed by atoms with Crippen LogP contribution in [-0.2, 0) is 6.54 Å². The molecular formula is C18H29BrN2. The van der Waals surface area contributed by atoms with E-state index >= 15 is 0 Å². The minimum atomic E-state index is 0.694. The van der Waals surface area contributed by atoms with Gasteiger partial charge in [-0.15, -0.1) is 0 Å². The van der Waals surface area contributed by atoms with Gasteiger partial charge in [-0.3, -0.25) is 0 Å². The number of halogens is 1. The van der Waals surface area contributed by atoms with Gasteiger partial charge in [0, 0.05) is 29.8 Å². The van der Waals surface area contributed by atoms with Crippen LogP contribution in [0.4, 0.5) is 5.69 Å². The Kier molecular flexibility index (Phi) is 6.56. The van der Waals surface area contributed by atoms with E-state index in [-0.39, 0.29) is 0 Å². The normalized spacial score (nSPS) is 19.9. The van der Waals surface area contributed by atoms with E-state index in [1.165, 1.54) is 48.1 Å². The zero-order valence-corrected chi connectivity index (χ0v) is 15.2. The van der Waals surface area contributed by atoms with Crippen LogP contribution in [0.25, 0.3) is 0 Å². The molecule has 0 saturated carbocycles. The van der Waals surface area contributed by atoms with Crippen LogP contribution in [0.2, 0.25) is 0 Å². The first-order valence-corrected chi connectivity index (χ1v) is 9.09. The molecule has 1 fully saturated rings. The average molecular weight is 353 g/mol. The lowest BCUT2D eigenvalue weighted by atomic mass is 10.0. The van der Waals surface area contributed by atoms with Gasteiger partial charge in [-0.2, -0.15) is 0 Å². The Bertz CT molecular complexity index is 445. The zero-order valence-electron chi connectivity index (χ0n) is 13.7. The summed E-state index contributed by atoms with van der Waals surface area (Å²) in [6.45, 7) is 11.3. The van der Waals surface area contributed by atoms with Crippen LogP contribution in [0, 0.1) is 11.8 Å². The van der Waals surface area contributed by atoms with Gasteiger partial charge in [-0.25, -0.2) is 0 Å². The Hall–Kier alpha value is -0.540. The minimum absolute atomic E-state index is 0.694. The van der Waals surface area contributed by atoms with Crippen molar-refractivity contribution in [1.29, 1.82) is 0 Å². The first kappa shape index (κ1) is 16.8. The van der Waals surface area contributed by atoms with Crippen molar-refractivity contribution in [3.8, 4) is 0 Å². The molecule has 1 unspecified atom stereocenters. The molecule has 0 radical (unpaired) electrons. The Morgan fingerprint density at radius 1 is 1.29 bits per heavy atom. The van der Waals surface area contributed by atoms with Crippen molar-refractivity contribution in [2.24, 2.45) is 11.8 Å². The lowest BCUT2D eigenvalue weighted by molar-refractivity contribution is 0.521. The number of anilines is 1. The molecule has 1 saturated heterocycles. The van der Waals surface area contributed by atoms with Crippen molar-refractivity contribution < 1.29 is 0 Å². The number of nitrogens with zero attached hydrogens (tertiary/aromatic N) is 1. The van der Waals surface area contributed by atoms with Crippen LogP contribution in [0.1, 0.15) is 45.6 Å². The highest BCUT2D eigenvalue weighted by Crippen LogP contribution is 2.28.